The van der Waals surface area contributed by atoms with Gasteiger partial charge in [-0.3, -0.25) is 4.90 Å². The van der Waals surface area contributed by atoms with Crippen LogP contribution in [0.25, 0.3) is 0 Å². The molecule has 22 heavy (non-hydrogen) atoms. The third-order valence-electron chi connectivity index (χ3n) is 5.69. The summed E-state index contributed by atoms with van der Waals surface area (Å²) in [6.07, 6.45) is 2.52. The Kier molecular flexibility index (Phi) is 5.51. The summed E-state index contributed by atoms with van der Waals surface area (Å²) in [7, 11) is 0. The number of benzene rings is 1. The van der Waals surface area contributed by atoms with Crippen molar-refractivity contribution in [3.05, 3.63) is 35.9 Å². The second-order valence-corrected chi connectivity index (χ2v) is 7.41. The maximum Gasteiger partial charge on any atom is 0.0916 e. The van der Waals surface area contributed by atoms with E-state index in [1.54, 1.807) is 0 Å². The van der Waals surface area contributed by atoms with Crippen LogP contribution in [0, 0.1) is 5.92 Å². The van der Waals surface area contributed by atoms with Crippen molar-refractivity contribution in [2.75, 3.05) is 58.9 Å². The topological polar surface area (TPSA) is 15.3 Å². The Bertz CT molecular complexity index is 423. The largest absolute Gasteiger partial charge is 0.320 e. The van der Waals surface area contributed by atoms with Crippen LogP contribution in [0.15, 0.2) is 30.3 Å². The molecule has 1 aromatic carbocycles. The number of rotatable bonds is 8. The summed E-state index contributed by atoms with van der Waals surface area (Å²) in [5, 5.41) is 3.65. The van der Waals surface area contributed by atoms with Crippen LogP contribution in [0.4, 0.5) is 0 Å². The number of nitrogens with zero attached hydrogens (tertiary/aromatic N) is 2. The number of fused-ring (bicyclic) bond motifs is 3. The van der Waals surface area contributed by atoms with Crippen LogP contribution >= 0.6 is 0 Å². The van der Waals surface area contributed by atoms with Crippen LogP contribution < -0.4 is 5.32 Å². The molecule has 1 unspecified atom stereocenters. The molecule has 0 aromatic heterocycles. The molecule has 3 saturated heterocycles. The van der Waals surface area contributed by atoms with Gasteiger partial charge in [-0.15, -0.1) is 0 Å². The summed E-state index contributed by atoms with van der Waals surface area (Å²) in [6, 6.07) is 10.8. The molecule has 3 heteroatoms. The van der Waals surface area contributed by atoms with E-state index < -0.39 is 0 Å². The van der Waals surface area contributed by atoms with Crippen molar-refractivity contribution >= 4 is 0 Å². The lowest BCUT2D eigenvalue weighted by atomic mass is 10.0. The first-order valence-corrected chi connectivity index (χ1v) is 9.08. The van der Waals surface area contributed by atoms with Crippen LogP contribution in [0.3, 0.4) is 0 Å². The van der Waals surface area contributed by atoms with E-state index in [1.165, 1.54) is 68.8 Å². The van der Waals surface area contributed by atoms with E-state index in [2.05, 4.69) is 47.5 Å². The first-order valence-electron chi connectivity index (χ1n) is 9.08. The first kappa shape index (κ1) is 16.0. The van der Waals surface area contributed by atoms with Gasteiger partial charge in [0.25, 0.3) is 0 Å². The molecule has 3 aliphatic heterocycles. The van der Waals surface area contributed by atoms with E-state index in [1.807, 2.05) is 0 Å². The summed E-state index contributed by atoms with van der Waals surface area (Å²) in [4.78, 5) is 2.63. The minimum absolute atomic E-state index is 0.795. The average molecular weight is 302 g/mol. The zero-order valence-corrected chi connectivity index (χ0v) is 14.1. The molecule has 0 aliphatic carbocycles. The minimum atomic E-state index is 0.795. The SMILES string of the molecule is CC(CC[N+]12CCN(CC1)CC2)CNCCc1ccccc1. The molecule has 0 saturated carbocycles. The minimum Gasteiger partial charge on any atom is -0.320 e. The highest BCUT2D eigenvalue weighted by Gasteiger charge is 2.37. The molecule has 3 nitrogen and oxygen atoms in total. The van der Waals surface area contributed by atoms with E-state index >= 15 is 0 Å². The Morgan fingerprint density at radius 2 is 1.77 bits per heavy atom. The quantitative estimate of drug-likeness (QED) is 0.584. The van der Waals surface area contributed by atoms with Gasteiger partial charge in [0.1, 0.15) is 0 Å². The third-order valence-corrected chi connectivity index (χ3v) is 5.69. The van der Waals surface area contributed by atoms with E-state index in [0.29, 0.717) is 0 Å². The van der Waals surface area contributed by atoms with E-state index in [4.69, 9.17) is 0 Å². The number of hydrogen-bond acceptors (Lipinski definition) is 2. The fraction of sp³-hybridized carbons (Fsp3) is 0.684. The molecule has 2 bridgehead atoms. The monoisotopic (exact) mass is 302 g/mol. The van der Waals surface area contributed by atoms with Crippen molar-refractivity contribution in [1.29, 1.82) is 0 Å². The predicted molar refractivity (Wildman–Crippen MR) is 93.0 cm³/mol. The summed E-state index contributed by atoms with van der Waals surface area (Å²) < 4.78 is 1.41. The molecule has 1 N–H and O–H groups in total. The number of nitrogens with one attached hydrogen (secondary N) is 1. The highest BCUT2D eigenvalue weighted by atomic mass is 15.4. The Labute approximate surface area is 135 Å². The molecular weight excluding hydrogens is 270 g/mol. The van der Waals surface area contributed by atoms with Crippen molar-refractivity contribution in [3.8, 4) is 0 Å². The predicted octanol–water partition coefficient (Wildman–Crippen LogP) is 1.99. The molecule has 3 heterocycles. The summed E-state index contributed by atoms with van der Waals surface area (Å²) in [5.74, 6) is 0.795. The summed E-state index contributed by atoms with van der Waals surface area (Å²) in [6.45, 7) is 14.3. The van der Waals surface area contributed by atoms with Crippen LogP contribution in [0.1, 0.15) is 18.9 Å². The van der Waals surface area contributed by atoms with Crippen LogP contribution in [0.5, 0.6) is 0 Å². The van der Waals surface area contributed by atoms with Crippen molar-refractivity contribution in [3.63, 3.8) is 0 Å². The van der Waals surface area contributed by atoms with Crippen LogP contribution in [-0.4, -0.2) is 68.3 Å². The lowest BCUT2D eigenvalue weighted by Gasteiger charge is -2.51. The fourth-order valence-corrected chi connectivity index (χ4v) is 3.89. The smallest absolute Gasteiger partial charge is 0.0916 e. The molecule has 3 aliphatic rings. The van der Waals surface area contributed by atoms with E-state index in [9.17, 15) is 0 Å². The van der Waals surface area contributed by atoms with Gasteiger partial charge in [0.2, 0.25) is 0 Å². The molecule has 3 fully saturated rings. The van der Waals surface area contributed by atoms with Gasteiger partial charge < -0.3 is 9.80 Å². The highest BCUT2D eigenvalue weighted by Crippen LogP contribution is 2.21. The molecule has 0 amide bonds. The second-order valence-electron chi connectivity index (χ2n) is 7.41. The lowest BCUT2D eigenvalue weighted by molar-refractivity contribution is -0.941. The second kappa shape index (κ2) is 7.58. The molecular formula is C19H32N3+. The third kappa shape index (κ3) is 4.31. The van der Waals surface area contributed by atoms with E-state index in [0.717, 1.165) is 18.9 Å². The van der Waals surface area contributed by atoms with Gasteiger partial charge in [0.15, 0.2) is 0 Å². The van der Waals surface area contributed by atoms with Gasteiger partial charge in [-0.1, -0.05) is 37.3 Å². The van der Waals surface area contributed by atoms with Crippen LogP contribution in [-0.2, 0) is 6.42 Å². The molecule has 1 aromatic rings. The van der Waals surface area contributed by atoms with Gasteiger partial charge in [-0.2, -0.15) is 0 Å². The van der Waals surface area contributed by atoms with Crippen molar-refractivity contribution < 1.29 is 4.48 Å². The fourth-order valence-electron chi connectivity index (χ4n) is 3.89. The maximum absolute atomic E-state index is 3.65. The zero-order chi connectivity index (χ0) is 15.3. The average Bonchev–Trinajstić information content (AvgIpc) is 2.60. The van der Waals surface area contributed by atoms with Gasteiger partial charge in [-0.05, 0) is 31.0 Å². The highest BCUT2D eigenvalue weighted by molar-refractivity contribution is 5.14. The Hall–Kier alpha value is -0.900. The van der Waals surface area contributed by atoms with Gasteiger partial charge in [0.05, 0.1) is 26.2 Å². The number of quaternary nitrogens is 1. The summed E-state index contributed by atoms with van der Waals surface area (Å²) in [5.41, 5.74) is 1.44. The zero-order valence-electron chi connectivity index (χ0n) is 14.1. The van der Waals surface area contributed by atoms with Crippen LogP contribution in [0.2, 0.25) is 0 Å². The Balaban J connectivity index is 1.30. The first-order chi connectivity index (χ1) is 10.8. The van der Waals surface area contributed by atoms with Crippen molar-refractivity contribution in [2.45, 2.75) is 19.8 Å². The Morgan fingerprint density at radius 1 is 1.09 bits per heavy atom. The Morgan fingerprint density at radius 3 is 2.45 bits per heavy atom. The molecule has 4 rings (SSSR count). The maximum atomic E-state index is 3.65. The molecule has 122 valence electrons. The summed E-state index contributed by atoms with van der Waals surface area (Å²) >= 11 is 0. The van der Waals surface area contributed by atoms with Gasteiger partial charge in [-0.25, -0.2) is 0 Å². The number of piperazine rings is 3. The van der Waals surface area contributed by atoms with Crippen molar-refractivity contribution in [1.82, 2.24) is 10.2 Å². The normalized spacial score (nSPS) is 28.7. The van der Waals surface area contributed by atoms with Gasteiger partial charge in [0, 0.05) is 26.1 Å². The number of hydrogen-bond donors (Lipinski definition) is 1. The van der Waals surface area contributed by atoms with Gasteiger partial charge >= 0.3 is 0 Å². The molecule has 0 radical (unpaired) electrons. The standard InChI is InChI=1S/C19H32N3/c1-18(17-20-9-7-19-5-3-2-4-6-19)8-13-22-14-10-21(11-15-22)12-16-22/h2-6,18,20H,7-17H2,1H3/q+1. The molecule has 1 atom stereocenters. The van der Waals surface area contributed by atoms with Crippen molar-refractivity contribution in [2.24, 2.45) is 5.92 Å². The molecule has 0 spiro atoms. The van der Waals surface area contributed by atoms with E-state index in [-0.39, 0.29) is 0 Å². The lowest BCUT2D eigenvalue weighted by Crippen LogP contribution is -2.67.